The predicted octanol–water partition coefficient (Wildman–Crippen LogP) is 5.99. The van der Waals surface area contributed by atoms with Gasteiger partial charge in [-0.2, -0.15) is 13.2 Å². The summed E-state index contributed by atoms with van der Waals surface area (Å²) in [5.74, 6) is -0.0882. The Labute approximate surface area is 167 Å². The van der Waals surface area contributed by atoms with Gasteiger partial charge in [0.25, 0.3) is 0 Å². The topological polar surface area (TPSA) is 21.3 Å². The molecule has 6 heteroatoms. The first-order valence-corrected chi connectivity index (χ1v) is 9.32. The number of hydrogen-bond donors (Lipinski definition) is 1. The summed E-state index contributed by atoms with van der Waals surface area (Å²) >= 11 is 0. The second-order valence-corrected chi connectivity index (χ2v) is 7.71. The van der Waals surface area contributed by atoms with Gasteiger partial charge in [-0.1, -0.05) is 50.2 Å². The Kier molecular flexibility index (Phi) is 6.13. The predicted molar refractivity (Wildman–Crippen MR) is 107 cm³/mol. The van der Waals surface area contributed by atoms with Crippen molar-refractivity contribution in [1.82, 2.24) is 5.32 Å². The standard InChI is InChI=1S/C23H23F4NO/c1-22(2,21-8-4-6-17-9-10-18(24)12-20(17)21)14-28-13-16-5-3-7-19(11-16)29-15-23(25,26)27/h3-12,28H,13-15H2,1-2H3. The first-order chi connectivity index (χ1) is 13.6. The molecular formula is C23H23F4NO. The number of fused-ring (bicyclic) bond motifs is 1. The van der Waals surface area contributed by atoms with E-state index in [1.807, 2.05) is 24.3 Å². The molecular weight excluding hydrogens is 382 g/mol. The van der Waals surface area contributed by atoms with Crippen molar-refractivity contribution in [2.24, 2.45) is 0 Å². The minimum atomic E-state index is -4.36. The molecule has 2 nitrogen and oxygen atoms in total. The van der Waals surface area contributed by atoms with Crippen LogP contribution in [-0.4, -0.2) is 19.3 Å². The average Bonchev–Trinajstić information content (AvgIpc) is 2.65. The maximum atomic E-state index is 13.8. The summed E-state index contributed by atoms with van der Waals surface area (Å²) < 4.78 is 55.5. The van der Waals surface area contributed by atoms with Crippen molar-refractivity contribution in [2.45, 2.75) is 32.0 Å². The van der Waals surface area contributed by atoms with E-state index in [9.17, 15) is 17.6 Å². The van der Waals surface area contributed by atoms with Crippen LogP contribution in [0.15, 0.2) is 60.7 Å². The van der Waals surface area contributed by atoms with Gasteiger partial charge < -0.3 is 10.1 Å². The molecule has 3 aromatic carbocycles. The Hall–Kier alpha value is -2.60. The fourth-order valence-electron chi connectivity index (χ4n) is 3.36. The fourth-order valence-corrected chi connectivity index (χ4v) is 3.36. The lowest BCUT2D eigenvalue weighted by atomic mass is 9.81. The zero-order valence-corrected chi connectivity index (χ0v) is 16.3. The molecule has 0 amide bonds. The zero-order chi connectivity index (χ0) is 21.1. The maximum Gasteiger partial charge on any atom is 0.422 e. The molecule has 1 N–H and O–H groups in total. The molecule has 0 saturated carbocycles. The highest BCUT2D eigenvalue weighted by molar-refractivity contribution is 5.86. The maximum absolute atomic E-state index is 13.8. The van der Waals surface area contributed by atoms with Gasteiger partial charge in [-0.3, -0.25) is 0 Å². The molecule has 0 saturated heterocycles. The lowest BCUT2D eigenvalue weighted by Crippen LogP contribution is -2.32. The van der Waals surface area contributed by atoms with E-state index in [-0.39, 0.29) is 17.0 Å². The number of alkyl halides is 3. The molecule has 0 fully saturated rings. The third kappa shape index (κ3) is 5.70. The Balaban J connectivity index is 1.67. The van der Waals surface area contributed by atoms with Gasteiger partial charge in [0.15, 0.2) is 6.61 Å². The molecule has 3 rings (SSSR count). The van der Waals surface area contributed by atoms with Gasteiger partial charge >= 0.3 is 6.18 Å². The molecule has 0 atom stereocenters. The molecule has 0 aliphatic heterocycles. The molecule has 0 bridgehead atoms. The number of rotatable bonds is 7. The molecule has 0 spiro atoms. The summed E-state index contributed by atoms with van der Waals surface area (Å²) in [6, 6.07) is 17.3. The lowest BCUT2D eigenvalue weighted by Gasteiger charge is -2.27. The molecule has 0 aromatic heterocycles. The Morgan fingerprint density at radius 2 is 1.69 bits per heavy atom. The smallest absolute Gasteiger partial charge is 0.422 e. The largest absolute Gasteiger partial charge is 0.484 e. The molecule has 29 heavy (non-hydrogen) atoms. The third-order valence-electron chi connectivity index (χ3n) is 4.77. The van der Waals surface area contributed by atoms with E-state index in [1.165, 1.54) is 12.1 Å². The van der Waals surface area contributed by atoms with Gasteiger partial charge in [0.1, 0.15) is 11.6 Å². The van der Waals surface area contributed by atoms with E-state index in [2.05, 4.69) is 19.2 Å². The lowest BCUT2D eigenvalue weighted by molar-refractivity contribution is -0.153. The Morgan fingerprint density at radius 3 is 2.45 bits per heavy atom. The van der Waals surface area contributed by atoms with E-state index >= 15 is 0 Å². The Morgan fingerprint density at radius 1 is 0.931 bits per heavy atom. The van der Waals surface area contributed by atoms with Gasteiger partial charge in [0.2, 0.25) is 0 Å². The van der Waals surface area contributed by atoms with Crippen molar-refractivity contribution < 1.29 is 22.3 Å². The summed E-state index contributed by atoms with van der Waals surface area (Å²) in [6.07, 6.45) is -4.36. The quantitative estimate of drug-likeness (QED) is 0.488. The van der Waals surface area contributed by atoms with E-state index in [0.717, 1.165) is 21.9 Å². The monoisotopic (exact) mass is 405 g/mol. The van der Waals surface area contributed by atoms with Gasteiger partial charge in [0.05, 0.1) is 0 Å². The third-order valence-corrected chi connectivity index (χ3v) is 4.77. The van der Waals surface area contributed by atoms with Gasteiger partial charge in [-0.25, -0.2) is 4.39 Å². The minimum Gasteiger partial charge on any atom is -0.484 e. The van der Waals surface area contributed by atoms with Crippen molar-refractivity contribution in [2.75, 3.05) is 13.2 Å². The van der Waals surface area contributed by atoms with Gasteiger partial charge in [-0.15, -0.1) is 0 Å². The second kappa shape index (κ2) is 8.41. The first-order valence-electron chi connectivity index (χ1n) is 9.32. The van der Waals surface area contributed by atoms with Crippen molar-refractivity contribution in [1.29, 1.82) is 0 Å². The van der Waals surface area contributed by atoms with Crippen molar-refractivity contribution in [3.8, 4) is 5.75 Å². The summed E-state index contributed by atoms with van der Waals surface area (Å²) in [4.78, 5) is 0. The van der Waals surface area contributed by atoms with E-state index in [0.29, 0.717) is 13.1 Å². The van der Waals surface area contributed by atoms with Gasteiger partial charge in [0, 0.05) is 18.5 Å². The normalized spacial score (nSPS) is 12.3. The van der Waals surface area contributed by atoms with Crippen molar-refractivity contribution >= 4 is 10.8 Å². The average molecular weight is 405 g/mol. The van der Waals surface area contributed by atoms with Crippen LogP contribution in [0.25, 0.3) is 10.8 Å². The molecule has 0 aliphatic rings. The van der Waals surface area contributed by atoms with Crippen LogP contribution < -0.4 is 10.1 Å². The molecule has 0 radical (unpaired) electrons. The highest BCUT2D eigenvalue weighted by Crippen LogP contribution is 2.30. The molecule has 0 unspecified atom stereocenters. The van der Waals surface area contributed by atoms with E-state index < -0.39 is 12.8 Å². The van der Waals surface area contributed by atoms with Crippen LogP contribution in [0.3, 0.4) is 0 Å². The summed E-state index contributed by atoms with van der Waals surface area (Å²) in [5.41, 5.74) is 1.58. The molecule has 0 aliphatic carbocycles. The van der Waals surface area contributed by atoms with Crippen LogP contribution in [0, 0.1) is 5.82 Å². The molecule has 154 valence electrons. The van der Waals surface area contributed by atoms with Crippen LogP contribution in [0.2, 0.25) is 0 Å². The van der Waals surface area contributed by atoms with Crippen LogP contribution in [0.1, 0.15) is 25.0 Å². The summed E-state index contributed by atoms with van der Waals surface area (Å²) in [5, 5.41) is 5.20. The molecule has 0 heterocycles. The van der Waals surface area contributed by atoms with Crippen molar-refractivity contribution in [3.05, 3.63) is 77.6 Å². The molecule has 3 aromatic rings. The highest BCUT2D eigenvalue weighted by Gasteiger charge is 2.28. The number of nitrogens with one attached hydrogen (secondary N) is 1. The number of hydrogen-bond acceptors (Lipinski definition) is 2. The van der Waals surface area contributed by atoms with Crippen LogP contribution >= 0.6 is 0 Å². The summed E-state index contributed by atoms with van der Waals surface area (Å²) in [6.45, 7) is 3.92. The van der Waals surface area contributed by atoms with Crippen molar-refractivity contribution in [3.63, 3.8) is 0 Å². The van der Waals surface area contributed by atoms with E-state index in [1.54, 1.807) is 24.3 Å². The zero-order valence-electron chi connectivity index (χ0n) is 16.3. The first kappa shape index (κ1) is 21.1. The van der Waals surface area contributed by atoms with Gasteiger partial charge in [-0.05, 0) is 46.2 Å². The van der Waals surface area contributed by atoms with Crippen LogP contribution in [0.4, 0.5) is 17.6 Å². The number of benzene rings is 3. The highest BCUT2D eigenvalue weighted by atomic mass is 19.4. The number of halogens is 4. The Bertz CT molecular complexity index is 982. The SMILES string of the molecule is CC(C)(CNCc1cccc(OCC(F)(F)F)c1)c1cccc2ccc(F)cc12. The van der Waals surface area contributed by atoms with Crippen LogP contribution in [-0.2, 0) is 12.0 Å². The number of ether oxygens (including phenoxy) is 1. The second-order valence-electron chi connectivity index (χ2n) is 7.71. The summed E-state index contributed by atoms with van der Waals surface area (Å²) in [7, 11) is 0. The van der Waals surface area contributed by atoms with E-state index in [4.69, 9.17) is 4.74 Å². The fraction of sp³-hybridized carbons (Fsp3) is 0.304. The van der Waals surface area contributed by atoms with Crippen LogP contribution in [0.5, 0.6) is 5.75 Å². The minimum absolute atomic E-state index is 0.186.